The van der Waals surface area contributed by atoms with Crippen LogP contribution in [0.25, 0.3) is 49.5 Å². The lowest BCUT2D eigenvalue weighted by Crippen LogP contribution is -2.40. The van der Waals surface area contributed by atoms with E-state index in [1.807, 2.05) is 6.07 Å². The summed E-state index contributed by atoms with van der Waals surface area (Å²) < 4.78 is 5.52. The molecule has 11 rings (SSSR count). The molecule has 4 aliphatic rings. The summed E-state index contributed by atoms with van der Waals surface area (Å²) in [5.74, 6) is 4.26. The molecule has 55 heavy (non-hydrogen) atoms. The molecule has 2 aliphatic heterocycles. The van der Waals surface area contributed by atoms with Gasteiger partial charge in [-0.05, 0) is 103 Å². The number of ether oxygens (including phenoxy) is 1. The van der Waals surface area contributed by atoms with E-state index in [4.69, 9.17) is 19.7 Å². The van der Waals surface area contributed by atoms with Crippen LogP contribution in [0.3, 0.4) is 0 Å². The van der Waals surface area contributed by atoms with Gasteiger partial charge in [0.2, 0.25) is 5.88 Å². The zero-order chi connectivity index (χ0) is 36.5. The third-order valence-corrected chi connectivity index (χ3v) is 12.1. The number of H-pyrrole nitrogens is 1. The number of hydrogen-bond donors (Lipinski definition) is 3. The highest BCUT2D eigenvalue weighted by atomic mass is 16.5. The molecule has 3 N–H and O–H groups in total. The van der Waals surface area contributed by atoms with Crippen molar-refractivity contribution in [2.45, 2.75) is 50.0 Å². The molecular weight excluding hydrogens is 685 g/mol. The smallest absolute Gasteiger partial charge is 0.224 e. The maximum absolute atomic E-state index is 5.52. The van der Waals surface area contributed by atoms with Crippen molar-refractivity contribution in [3.05, 3.63) is 108 Å². The second-order valence-electron chi connectivity index (χ2n) is 15.6. The van der Waals surface area contributed by atoms with Crippen molar-refractivity contribution in [1.82, 2.24) is 39.8 Å². The number of nitrogens with one attached hydrogen (secondary N) is 3. The van der Waals surface area contributed by atoms with Crippen LogP contribution in [0.4, 0.5) is 11.6 Å². The summed E-state index contributed by atoms with van der Waals surface area (Å²) in [6.07, 6.45) is 13.4. The molecule has 11 nitrogen and oxygen atoms in total. The fourth-order valence-electron chi connectivity index (χ4n) is 8.83. The molecule has 5 aromatic heterocycles. The molecule has 1 saturated heterocycles. The summed E-state index contributed by atoms with van der Waals surface area (Å²) in [5.41, 5.74) is 10.9. The van der Waals surface area contributed by atoms with Gasteiger partial charge in [-0.2, -0.15) is 0 Å². The lowest BCUT2D eigenvalue weighted by atomic mass is 9.94. The monoisotopic (exact) mass is 726 g/mol. The van der Waals surface area contributed by atoms with E-state index in [0.717, 1.165) is 106 Å². The lowest BCUT2D eigenvalue weighted by Gasteiger charge is -2.33. The molecule has 3 fully saturated rings. The van der Waals surface area contributed by atoms with Gasteiger partial charge in [-0.1, -0.05) is 18.2 Å². The van der Waals surface area contributed by atoms with Crippen LogP contribution in [-0.4, -0.2) is 79.1 Å². The molecular formula is C44H42N10O. The normalized spacial score (nSPS) is 20.0. The van der Waals surface area contributed by atoms with Gasteiger partial charge < -0.3 is 25.3 Å². The largest absolute Gasteiger partial charge is 0.480 e. The minimum absolute atomic E-state index is 0.373. The third-order valence-electron chi connectivity index (χ3n) is 12.1. The molecule has 0 spiro atoms. The first-order valence-electron chi connectivity index (χ1n) is 19.6. The van der Waals surface area contributed by atoms with E-state index < -0.39 is 0 Å². The number of benzene rings is 2. The van der Waals surface area contributed by atoms with Crippen molar-refractivity contribution in [1.29, 1.82) is 0 Å². The Morgan fingerprint density at radius 1 is 0.782 bits per heavy atom. The minimum Gasteiger partial charge on any atom is -0.480 e. The highest BCUT2D eigenvalue weighted by molar-refractivity contribution is 5.99. The highest BCUT2D eigenvalue weighted by Gasteiger charge is 2.41. The summed E-state index contributed by atoms with van der Waals surface area (Å²) in [6.45, 7) is 4.02. The van der Waals surface area contributed by atoms with Crippen LogP contribution >= 0.6 is 0 Å². The number of fused-ring (bicyclic) bond motifs is 4. The first-order chi connectivity index (χ1) is 27.1. The minimum atomic E-state index is 0.373. The number of aromatic nitrogens is 7. The third kappa shape index (κ3) is 6.03. The first kappa shape index (κ1) is 32.5. The van der Waals surface area contributed by atoms with Crippen LogP contribution < -0.4 is 15.4 Å². The predicted molar refractivity (Wildman–Crippen MR) is 216 cm³/mol. The molecule has 2 unspecified atom stereocenters. The van der Waals surface area contributed by atoms with Crippen molar-refractivity contribution in [3.63, 3.8) is 0 Å². The number of aromatic amines is 1. The van der Waals surface area contributed by atoms with Gasteiger partial charge in [0.15, 0.2) is 0 Å². The average molecular weight is 727 g/mol. The average Bonchev–Trinajstić information content (AvgIpc) is 4.18. The van der Waals surface area contributed by atoms with Crippen LogP contribution in [-0.2, 0) is 0 Å². The Labute approximate surface area is 318 Å². The molecule has 2 atom stereocenters. The number of hydrogen-bond acceptors (Lipinski definition) is 10. The maximum atomic E-state index is 5.52. The Balaban J connectivity index is 0.732. The van der Waals surface area contributed by atoms with E-state index in [1.165, 1.54) is 36.2 Å². The summed E-state index contributed by atoms with van der Waals surface area (Å²) in [7, 11) is 1.65. The number of anilines is 2. The summed E-state index contributed by atoms with van der Waals surface area (Å²) in [6, 6.07) is 22.1. The Bertz CT molecular complexity index is 2640. The van der Waals surface area contributed by atoms with Crippen molar-refractivity contribution in [2.75, 3.05) is 43.9 Å². The Morgan fingerprint density at radius 3 is 2.44 bits per heavy atom. The van der Waals surface area contributed by atoms with Crippen molar-refractivity contribution >= 4 is 50.0 Å². The molecule has 0 amide bonds. The van der Waals surface area contributed by atoms with E-state index in [9.17, 15) is 0 Å². The van der Waals surface area contributed by atoms with Crippen molar-refractivity contribution < 1.29 is 4.74 Å². The summed E-state index contributed by atoms with van der Waals surface area (Å²) in [5, 5.41) is 10.5. The van der Waals surface area contributed by atoms with Crippen LogP contribution in [0.1, 0.15) is 66.5 Å². The van der Waals surface area contributed by atoms with Crippen molar-refractivity contribution in [3.8, 4) is 17.0 Å². The van der Waals surface area contributed by atoms with Gasteiger partial charge in [-0.15, -0.1) is 0 Å². The van der Waals surface area contributed by atoms with E-state index in [-0.39, 0.29) is 0 Å². The van der Waals surface area contributed by atoms with E-state index >= 15 is 0 Å². The van der Waals surface area contributed by atoms with E-state index in [1.54, 1.807) is 19.8 Å². The van der Waals surface area contributed by atoms with Gasteiger partial charge in [0.25, 0.3) is 0 Å². The summed E-state index contributed by atoms with van der Waals surface area (Å²) in [4.78, 5) is 34.2. The Kier molecular flexibility index (Phi) is 7.75. The fourth-order valence-corrected chi connectivity index (χ4v) is 8.83. The van der Waals surface area contributed by atoms with Gasteiger partial charge in [-0.25, -0.2) is 29.9 Å². The molecule has 7 aromatic rings. The molecule has 2 aliphatic carbocycles. The number of rotatable bonds is 9. The highest BCUT2D eigenvalue weighted by Crippen LogP contribution is 2.48. The zero-order valence-corrected chi connectivity index (χ0v) is 30.8. The fraction of sp³-hybridized carbons (Fsp3) is 0.318. The number of piperidine rings is 1. The number of methoxy groups -OCH3 is 1. The maximum Gasteiger partial charge on any atom is 0.224 e. The second-order valence-corrected chi connectivity index (χ2v) is 15.6. The van der Waals surface area contributed by atoms with E-state index in [2.05, 4.69) is 102 Å². The Morgan fingerprint density at radius 2 is 1.58 bits per heavy atom. The van der Waals surface area contributed by atoms with Crippen LogP contribution in [0, 0.1) is 5.92 Å². The van der Waals surface area contributed by atoms with Gasteiger partial charge in [0.1, 0.15) is 29.9 Å². The van der Waals surface area contributed by atoms with E-state index in [0.29, 0.717) is 29.7 Å². The molecule has 7 heterocycles. The number of pyridine rings is 2. The number of nitrogens with zero attached hydrogens (tertiary/aromatic N) is 7. The zero-order valence-electron chi connectivity index (χ0n) is 30.8. The predicted octanol–water partition coefficient (Wildman–Crippen LogP) is 7.93. The Hall–Kier alpha value is -5.94. The molecule has 0 radical (unpaired) electrons. The topological polar surface area (TPSA) is 130 Å². The lowest BCUT2D eigenvalue weighted by molar-refractivity contribution is 0.209. The standard InChI is InChI=1S/C44H42N10O/c1-55-44-35-19-26(4-9-39(35)48-24-50-44)30-12-15-45-41-31(30)7-11-40(53-41)33-20-28(33)22-54-16-13-29(14-17-54)51-43-34-18-27(5-8-38(34)47-23-49-43)36-21-46-42-32(36)6-10-37(52-42)25-2-3-25/h4-12,18-19,21,23-25,28-29,33H,2-3,13-17,20,22H2,1H3,(H,45,53)(H,46,52)(H,47,49,51). The van der Waals surface area contributed by atoms with Crippen LogP contribution in [0.15, 0.2) is 85.6 Å². The molecule has 0 bridgehead atoms. The van der Waals surface area contributed by atoms with Gasteiger partial charge in [-0.3, -0.25) is 0 Å². The second kappa shape index (κ2) is 13.1. The first-order valence-corrected chi connectivity index (χ1v) is 19.6. The molecule has 2 aromatic carbocycles. The van der Waals surface area contributed by atoms with Crippen LogP contribution in [0.5, 0.6) is 5.88 Å². The SMILES string of the molecule is COc1ncnc2ccc(C3=CCNc4nc(C5CC5CN5CCC(Nc6ncnc7ccc(-c8c[nH]c9nc(C%10CC%10)ccc89)cc67)CC5)ccc43)cc12. The van der Waals surface area contributed by atoms with Gasteiger partial charge in [0, 0.05) is 83.5 Å². The number of likely N-dealkylation sites (tertiary alicyclic amines) is 1. The van der Waals surface area contributed by atoms with Crippen LogP contribution in [0.2, 0.25) is 0 Å². The summed E-state index contributed by atoms with van der Waals surface area (Å²) >= 11 is 0. The van der Waals surface area contributed by atoms with Gasteiger partial charge in [0.05, 0.1) is 23.5 Å². The molecule has 2 saturated carbocycles. The van der Waals surface area contributed by atoms with Gasteiger partial charge >= 0.3 is 0 Å². The molecule has 11 heteroatoms. The van der Waals surface area contributed by atoms with Crippen molar-refractivity contribution in [2.24, 2.45) is 5.92 Å². The quantitative estimate of drug-likeness (QED) is 0.135. The molecule has 274 valence electrons.